The van der Waals surface area contributed by atoms with Crippen LogP contribution in [0.2, 0.25) is 0 Å². The maximum atomic E-state index is 12.2. The largest absolute Gasteiger partial charge is 0.363 e. The van der Waals surface area contributed by atoms with E-state index in [1.807, 2.05) is 19.1 Å². The van der Waals surface area contributed by atoms with Crippen molar-refractivity contribution < 1.29 is 9.53 Å². The van der Waals surface area contributed by atoms with Gasteiger partial charge in [0.15, 0.2) is 5.82 Å². The molecule has 2 saturated heterocycles. The van der Waals surface area contributed by atoms with Crippen molar-refractivity contribution in [2.45, 2.75) is 63.3 Å². The minimum absolute atomic E-state index is 0.0783. The van der Waals surface area contributed by atoms with Gasteiger partial charge in [-0.1, -0.05) is 0 Å². The summed E-state index contributed by atoms with van der Waals surface area (Å²) in [6, 6.07) is 4.74. The average molecular weight is 302 g/mol. The normalized spacial score (nSPS) is 31.0. The molecule has 0 radical (unpaired) electrons. The number of anilines is 1. The lowest BCUT2D eigenvalue weighted by Crippen LogP contribution is -2.48. The second-order valence-electron chi connectivity index (χ2n) is 6.61. The summed E-state index contributed by atoms with van der Waals surface area (Å²) >= 11 is 0. The second kappa shape index (κ2) is 5.50. The standard InChI is InChI=1S/C16H22N4O2/c1-10-2-7-15(19-18-10)20-9-8-13-12(20)5-6-14(22-13)16(21)17-11-3-4-11/h2,7,11-14H,3-6,8-9H2,1H3,(H,17,21)/t12-,13-,14-/m0/s1. The number of hydrogen-bond acceptors (Lipinski definition) is 5. The summed E-state index contributed by atoms with van der Waals surface area (Å²) in [4.78, 5) is 14.4. The van der Waals surface area contributed by atoms with Gasteiger partial charge in [-0.3, -0.25) is 4.79 Å². The van der Waals surface area contributed by atoms with E-state index in [1.54, 1.807) is 0 Å². The van der Waals surface area contributed by atoms with Gasteiger partial charge in [-0.2, -0.15) is 5.10 Å². The molecule has 6 heteroatoms. The average Bonchev–Trinajstić information content (AvgIpc) is 3.24. The summed E-state index contributed by atoms with van der Waals surface area (Å²) in [7, 11) is 0. The van der Waals surface area contributed by atoms with Gasteiger partial charge in [-0.15, -0.1) is 5.10 Å². The van der Waals surface area contributed by atoms with Crippen LogP contribution in [-0.2, 0) is 9.53 Å². The van der Waals surface area contributed by atoms with Crippen LogP contribution in [0.15, 0.2) is 12.1 Å². The van der Waals surface area contributed by atoms with Crippen LogP contribution in [0.5, 0.6) is 0 Å². The minimum atomic E-state index is -0.272. The molecule has 1 N–H and O–H groups in total. The maximum absolute atomic E-state index is 12.2. The van der Waals surface area contributed by atoms with Crippen molar-refractivity contribution in [1.29, 1.82) is 0 Å². The molecule has 1 amide bonds. The van der Waals surface area contributed by atoms with Gasteiger partial charge in [0.05, 0.1) is 17.8 Å². The molecule has 22 heavy (non-hydrogen) atoms. The molecule has 1 aromatic rings. The van der Waals surface area contributed by atoms with Crippen molar-refractivity contribution in [3.05, 3.63) is 17.8 Å². The Morgan fingerprint density at radius 3 is 2.82 bits per heavy atom. The van der Waals surface area contributed by atoms with E-state index in [0.717, 1.165) is 50.2 Å². The summed E-state index contributed by atoms with van der Waals surface area (Å²) in [6.07, 6.45) is 4.80. The first-order valence-corrected chi connectivity index (χ1v) is 8.23. The molecule has 0 unspecified atom stereocenters. The van der Waals surface area contributed by atoms with Gasteiger partial charge in [-0.25, -0.2) is 0 Å². The number of hydrogen-bond donors (Lipinski definition) is 1. The number of aromatic nitrogens is 2. The molecule has 0 spiro atoms. The summed E-state index contributed by atoms with van der Waals surface area (Å²) in [5, 5.41) is 11.5. The fourth-order valence-corrected chi connectivity index (χ4v) is 3.47. The van der Waals surface area contributed by atoms with Crippen LogP contribution in [-0.4, -0.2) is 46.9 Å². The Morgan fingerprint density at radius 2 is 2.09 bits per heavy atom. The third-order valence-electron chi connectivity index (χ3n) is 4.84. The molecule has 0 bridgehead atoms. The molecule has 3 atom stereocenters. The molecule has 3 heterocycles. The van der Waals surface area contributed by atoms with E-state index in [2.05, 4.69) is 20.4 Å². The van der Waals surface area contributed by atoms with Crippen LogP contribution < -0.4 is 10.2 Å². The van der Waals surface area contributed by atoms with Crippen molar-refractivity contribution >= 4 is 11.7 Å². The Morgan fingerprint density at radius 1 is 1.23 bits per heavy atom. The third-order valence-corrected chi connectivity index (χ3v) is 4.84. The number of carbonyl (C=O) groups is 1. The zero-order valence-corrected chi connectivity index (χ0v) is 12.9. The summed E-state index contributed by atoms with van der Waals surface area (Å²) < 4.78 is 6.07. The monoisotopic (exact) mass is 302 g/mol. The predicted molar refractivity (Wildman–Crippen MR) is 81.6 cm³/mol. The van der Waals surface area contributed by atoms with Crippen LogP contribution >= 0.6 is 0 Å². The van der Waals surface area contributed by atoms with Crippen molar-refractivity contribution in [2.24, 2.45) is 0 Å². The SMILES string of the molecule is Cc1ccc(N2CC[C@@H]3O[C@H](C(=O)NC4CC4)CC[C@@H]32)nn1. The molecule has 6 nitrogen and oxygen atoms in total. The van der Waals surface area contributed by atoms with E-state index in [1.165, 1.54) is 0 Å². The number of aryl methyl sites for hydroxylation is 1. The minimum Gasteiger partial charge on any atom is -0.363 e. The van der Waals surface area contributed by atoms with Crippen molar-refractivity contribution in [2.75, 3.05) is 11.4 Å². The van der Waals surface area contributed by atoms with E-state index in [0.29, 0.717) is 12.1 Å². The topological polar surface area (TPSA) is 67.3 Å². The smallest absolute Gasteiger partial charge is 0.249 e. The highest BCUT2D eigenvalue weighted by Gasteiger charge is 2.42. The van der Waals surface area contributed by atoms with Crippen molar-refractivity contribution in [3.8, 4) is 0 Å². The summed E-state index contributed by atoms with van der Waals surface area (Å²) in [5.74, 6) is 0.997. The molecule has 2 aliphatic heterocycles. The number of rotatable bonds is 3. The zero-order chi connectivity index (χ0) is 15.1. The number of ether oxygens (including phenoxy) is 1. The molecule has 0 aromatic carbocycles. The Bertz CT molecular complexity index is 558. The van der Waals surface area contributed by atoms with E-state index >= 15 is 0 Å². The first-order chi connectivity index (χ1) is 10.7. The predicted octanol–water partition coefficient (Wildman–Crippen LogP) is 1.19. The lowest BCUT2D eigenvalue weighted by Gasteiger charge is -2.35. The number of nitrogens with zero attached hydrogens (tertiary/aromatic N) is 3. The maximum Gasteiger partial charge on any atom is 0.249 e. The fourth-order valence-electron chi connectivity index (χ4n) is 3.47. The summed E-state index contributed by atoms with van der Waals surface area (Å²) in [6.45, 7) is 2.86. The number of amides is 1. The number of nitrogens with one attached hydrogen (secondary N) is 1. The molecule has 118 valence electrons. The number of fused-ring (bicyclic) bond motifs is 1. The molecule has 1 aromatic heterocycles. The lowest BCUT2D eigenvalue weighted by atomic mass is 9.98. The zero-order valence-electron chi connectivity index (χ0n) is 12.9. The fraction of sp³-hybridized carbons (Fsp3) is 0.688. The van der Waals surface area contributed by atoms with Crippen molar-refractivity contribution in [3.63, 3.8) is 0 Å². The molecular weight excluding hydrogens is 280 g/mol. The molecule has 1 saturated carbocycles. The summed E-state index contributed by atoms with van der Waals surface area (Å²) in [5.41, 5.74) is 0.927. The van der Waals surface area contributed by atoms with E-state index in [-0.39, 0.29) is 18.1 Å². The van der Waals surface area contributed by atoms with Crippen LogP contribution in [0, 0.1) is 6.92 Å². The van der Waals surface area contributed by atoms with Crippen molar-refractivity contribution in [1.82, 2.24) is 15.5 Å². The molecular formula is C16H22N4O2. The first kappa shape index (κ1) is 13.9. The van der Waals surface area contributed by atoms with Gasteiger partial charge in [0.2, 0.25) is 5.91 Å². The quantitative estimate of drug-likeness (QED) is 0.908. The molecule has 4 rings (SSSR count). The number of carbonyl (C=O) groups excluding carboxylic acids is 1. The van der Waals surface area contributed by atoms with Gasteiger partial charge in [0.25, 0.3) is 0 Å². The van der Waals surface area contributed by atoms with Crippen LogP contribution in [0.4, 0.5) is 5.82 Å². The van der Waals surface area contributed by atoms with Gasteiger partial charge in [0.1, 0.15) is 6.10 Å². The van der Waals surface area contributed by atoms with Gasteiger partial charge in [-0.05, 0) is 51.2 Å². The highest BCUT2D eigenvalue weighted by Crippen LogP contribution is 2.34. The highest BCUT2D eigenvalue weighted by atomic mass is 16.5. The Balaban J connectivity index is 1.41. The Hall–Kier alpha value is -1.69. The molecule has 1 aliphatic carbocycles. The Kier molecular flexibility index (Phi) is 3.48. The first-order valence-electron chi connectivity index (χ1n) is 8.23. The van der Waals surface area contributed by atoms with E-state index in [4.69, 9.17) is 4.74 Å². The van der Waals surface area contributed by atoms with Gasteiger partial charge < -0.3 is 15.0 Å². The molecule has 3 aliphatic rings. The Labute approximate surface area is 130 Å². The molecule has 3 fully saturated rings. The van der Waals surface area contributed by atoms with E-state index in [9.17, 15) is 4.79 Å². The van der Waals surface area contributed by atoms with Gasteiger partial charge in [0, 0.05) is 12.6 Å². The van der Waals surface area contributed by atoms with Gasteiger partial charge >= 0.3 is 0 Å². The third kappa shape index (κ3) is 2.67. The van der Waals surface area contributed by atoms with Crippen LogP contribution in [0.3, 0.4) is 0 Å². The lowest BCUT2D eigenvalue weighted by molar-refractivity contribution is -0.141. The van der Waals surface area contributed by atoms with E-state index < -0.39 is 0 Å². The highest BCUT2D eigenvalue weighted by molar-refractivity contribution is 5.81. The second-order valence-corrected chi connectivity index (χ2v) is 6.61. The van der Waals surface area contributed by atoms with Crippen LogP contribution in [0.1, 0.15) is 37.8 Å². The van der Waals surface area contributed by atoms with Crippen LogP contribution in [0.25, 0.3) is 0 Å².